The molecule has 1 atom stereocenters. The first-order valence-electron chi connectivity index (χ1n) is 11.5. The minimum Gasteiger partial charge on any atom is -0.507 e. The minimum absolute atomic E-state index is 0.0184. The third-order valence-corrected chi connectivity index (χ3v) is 5.81. The molecular weight excluding hydrogens is 446 g/mol. The molecule has 1 aromatic heterocycles. The molecule has 7 heteroatoms. The third-order valence-electron chi connectivity index (χ3n) is 5.81. The summed E-state index contributed by atoms with van der Waals surface area (Å²) in [5.41, 5.74) is 1.12. The Hall–Kier alpha value is -4.00. The number of amides is 1. The summed E-state index contributed by atoms with van der Waals surface area (Å²) in [6, 6.07) is 16.7. The van der Waals surface area contributed by atoms with Gasteiger partial charge in [-0.25, -0.2) is 0 Å². The monoisotopic (exact) mass is 475 g/mol. The molecule has 7 nitrogen and oxygen atoms in total. The van der Waals surface area contributed by atoms with Crippen LogP contribution in [0.2, 0.25) is 0 Å². The lowest BCUT2D eigenvalue weighted by Gasteiger charge is -2.24. The number of rotatable bonds is 8. The number of hydrogen-bond donors (Lipinski definition) is 1. The topological polar surface area (TPSA) is 89.2 Å². The van der Waals surface area contributed by atoms with Gasteiger partial charge in [0.2, 0.25) is 0 Å². The lowest BCUT2D eigenvalue weighted by Crippen LogP contribution is -2.29. The summed E-state index contributed by atoms with van der Waals surface area (Å²) < 4.78 is 17.0. The van der Waals surface area contributed by atoms with E-state index >= 15 is 0 Å². The Kier molecular flexibility index (Phi) is 6.96. The van der Waals surface area contributed by atoms with Crippen molar-refractivity contribution in [3.8, 4) is 11.5 Å². The molecule has 1 saturated heterocycles. The maximum atomic E-state index is 13.2. The number of carbonyl (C=O) groups is 2. The van der Waals surface area contributed by atoms with Crippen LogP contribution < -0.4 is 9.47 Å². The Morgan fingerprint density at radius 1 is 1.06 bits per heavy atom. The molecule has 1 aliphatic rings. The van der Waals surface area contributed by atoms with Gasteiger partial charge in [0.05, 0.1) is 25.8 Å². The van der Waals surface area contributed by atoms with Crippen molar-refractivity contribution in [2.75, 3.05) is 13.7 Å². The van der Waals surface area contributed by atoms with Crippen LogP contribution in [0.25, 0.3) is 5.76 Å². The first-order valence-corrected chi connectivity index (χ1v) is 11.5. The molecule has 2 aromatic carbocycles. The van der Waals surface area contributed by atoms with E-state index < -0.39 is 17.7 Å². The molecule has 0 radical (unpaired) electrons. The van der Waals surface area contributed by atoms with E-state index in [0.29, 0.717) is 41.1 Å². The molecule has 1 unspecified atom stereocenters. The van der Waals surface area contributed by atoms with Gasteiger partial charge in [-0.1, -0.05) is 32.0 Å². The maximum absolute atomic E-state index is 13.2. The van der Waals surface area contributed by atoms with Crippen molar-refractivity contribution in [3.63, 3.8) is 0 Å². The Balaban J connectivity index is 1.75. The zero-order valence-corrected chi connectivity index (χ0v) is 20.3. The van der Waals surface area contributed by atoms with E-state index in [1.54, 1.807) is 56.5 Å². The van der Waals surface area contributed by atoms with Crippen molar-refractivity contribution in [3.05, 3.63) is 88.9 Å². The van der Waals surface area contributed by atoms with E-state index in [1.165, 1.54) is 4.90 Å². The van der Waals surface area contributed by atoms with Crippen LogP contribution in [0.15, 0.2) is 70.7 Å². The summed E-state index contributed by atoms with van der Waals surface area (Å²) in [6.45, 7) is 6.57. The second-order valence-corrected chi connectivity index (χ2v) is 8.92. The summed E-state index contributed by atoms with van der Waals surface area (Å²) in [6.07, 6.45) is 0. The lowest BCUT2D eigenvalue weighted by molar-refractivity contribution is -0.140. The number of Topliss-reactive ketones (excluding diaryl/α,β-unsaturated/α-hetero) is 1. The Morgan fingerprint density at radius 3 is 2.40 bits per heavy atom. The number of hydrogen-bond acceptors (Lipinski definition) is 6. The zero-order chi connectivity index (χ0) is 25.1. The van der Waals surface area contributed by atoms with E-state index in [-0.39, 0.29) is 17.9 Å². The van der Waals surface area contributed by atoms with Crippen molar-refractivity contribution in [1.29, 1.82) is 0 Å². The van der Waals surface area contributed by atoms with Crippen LogP contribution in [0.5, 0.6) is 11.5 Å². The van der Waals surface area contributed by atoms with Gasteiger partial charge in [-0.2, -0.15) is 0 Å². The fourth-order valence-corrected chi connectivity index (χ4v) is 4.08. The molecule has 3 aromatic rings. The van der Waals surface area contributed by atoms with Gasteiger partial charge < -0.3 is 23.9 Å². The molecule has 1 fully saturated rings. The van der Waals surface area contributed by atoms with Crippen molar-refractivity contribution in [2.24, 2.45) is 5.92 Å². The van der Waals surface area contributed by atoms with E-state index in [2.05, 4.69) is 13.8 Å². The van der Waals surface area contributed by atoms with Gasteiger partial charge in [0.1, 0.15) is 34.8 Å². The fourth-order valence-electron chi connectivity index (χ4n) is 4.08. The summed E-state index contributed by atoms with van der Waals surface area (Å²) in [7, 11) is 1.55. The van der Waals surface area contributed by atoms with Gasteiger partial charge in [-0.15, -0.1) is 0 Å². The Morgan fingerprint density at radius 2 is 1.77 bits per heavy atom. The molecule has 35 heavy (non-hydrogen) atoms. The van der Waals surface area contributed by atoms with Crippen LogP contribution in [-0.4, -0.2) is 35.4 Å². The summed E-state index contributed by atoms with van der Waals surface area (Å²) in [5, 5.41) is 11.2. The molecule has 1 N–H and O–H groups in total. The van der Waals surface area contributed by atoms with Crippen LogP contribution in [0.1, 0.15) is 42.5 Å². The summed E-state index contributed by atoms with van der Waals surface area (Å²) in [4.78, 5) is 27.8. The average Bonchev–Trinajstić information content (AvgIpc) is 3.39. The highest BCUT2D eigenvalue weighted by atomic mass is 16.5. The van der Waals surface area contributed by atoms with Crippen molar-refractivity contribution in [1.82, 2.24) is 4.90 Å². The average molecular weight is 476 g/mol. The quantitative estimate of drug-likeness (QED) is 0.272. The first kappa shape index (κ1) is 24.1. The van der Waals surface area contributed by atoms with Crippen LogP contribution in [-0.2, 0) is 16.1 Å². The number of aliphatic hydroxyl groups is 1. The molecule has 2 heterocycles. The van der Waals surface area contributed by atoms with Gasteiger partial charge in [0.15, 0.2) is 0 Å². The first-order chi connectivity index (χ1) is 16.8. The summed E-state index contributed by atoms with van der Waals surface area (Å²) >= 11 is 0. The number of benzene rings is 2. The molecule has 0 saturated carbocycles. The minimum atomic E-state index is -0.884. The fraction of sp³-hybridized carbons (Fsp3) is 0.286. The van der Waals surface area contributed by atoms with Crippen molar-refractivity contribution in [2.45, 2.75) is 33.4 Å². The molecular formula is C28H29NO6. The maximum Gasteiger partial charge on any atom is 0.296 e. The number of carbonyl (C=O) groups excluding carboxylic acids is 2. The number of ketones is 1. The normalized spacial score (nSPS) is 17.3. The molecule has 0 aliphatic carbocycles. The van der Waals surface area contributed by atoms with Gasteiger partial charge >= 0.3 is 0 Å². The highest BCUT2D eigenvalue weighted by molar-refractivity contribution is 6.46. The Bertz CT molecular complexity index is 1250. The largest absolute Gasteiger partial charge is 0.507 e. The second kappa shape index (κ2) is 10.1. The molecule has 182 valence electrons. The zero-order valence-electron chi connectivity index (χ0n) is 20.3. The number of nitrogens with zero attached hydrogens (tertiary/aromatic N) is 1. The number of methoxy groups -OCH3 is 1. The predicted molar refractivity (Wildman–Crippen MR) is 131 cm³/mol. The molecule has 1 aliphatic heterocycles. The van der Waals surface area contributed by atoms with Crippen LogP contribution in [0.4, 0.5) is 0 Å². The summed E-state index contributed by atoms with van der Waals surface area (Å²) in [5.74, 6) is 0.916. The highest BCUT2D eigenvalue weighted by Crippen LogP contribution is 2.41. The van der Waals surface area contributed by atoms with E-state index in [4.69, 9.17) is 13.9 Å². The number of likely N-dealkylation sites (tertiary alicyclic amines) is 1. The number of ether oxygens (including phenoxy) is 2. The number of aliphatic hydroxyl groups excluding tert-OH is 1. The van der Waals surface area contributed by atoms with Crippen LogP contribution in [0, 0.1) is 12.8 Å². The SMILES string of the molecule is COc1ccccc1CN1C(=O)C(=O)/C(=C(/O)c2ccc(OCC(C)C)cc2)C1c1ccc(C)o1. The smallest absolute Gasteiger partial charge is 0.296 e. The highest BCUT2D eigenvalue weighted by Gasteiger charge is 2.47. The second-order valence-electron chi connectivity index (χ2n) is 8.92. The molecule has 0 bridgehead atoms. The van der Waals surface area contributed by atoms with Gasteiger partial charge in [-0.05, 0) is 55.3 Å². The van der Waals surface area contributed by atoms with E-state index in [9.17, 15) is 14.7 Å². The van der Waals surface area contributed by atoms with E-state index in [1.807, 2.05) is 18.2 Å². The lowest BCUT2D eigenvalue weighted by atomic mass is 9.99. The standard InChI is InChI=1S/C28H29NO6/c1-17(2)16-34-21-12-10-19(11-13-21)26(30)24-25(23-14-9-18(3)35-23)29(28(32)27(24)31)15-20-7-5-6-8-22(20)33-4/h5-14,17,25,30H,15-16H2,1-4H3/b26-24+. The van der Waals surface area contributed by atoms with Crippen LogP contribution in [0.3, 0.4) is 0 Å². The van der Waals surface area contributed by atoms with Crippen molar-refractivity contribution >= 4 is 17.4 Å². The number of aryl methyl sites for hydroxylation is 1. The van der Waals surface area contributed by atoms with Gasteiger partial charge in [0, 0.05) is 11.1 Å². The van der Waals surface area contributed by atoms with E-state index in [0.717, 1.165) is 5.56 Å². The molecule has 1 amide bonds. The van der Waals surface area contributed by atoms with Gasteiger partial charge in [0.25, 0.3) is 11.7 Å². The van der Waals surface area contributed by atoms with Crippen LogP contribution >= 0.6 is 0 Å². The Labute approximate surface area is 204 Å². The predicted octanol–water partition coefficient (Wildman–Crippen LogP) is 5.25. The number of furan rings is 1. The number of para-hydroxylation sites is 1. The van der Waals surface area contributed by atoms with Crippen molar-refractivity contribution < 1.29 is 28.6 Å². The van der Waals surface area contributed by atoms with Gasteiger partial charge in [-0.3, -0.25) is 9.59 Å². The molecule has 0 spiro atoms. The third kappa shape index (κ3) is 4.94. The molecule has 4 rings (SSSR count).